The van der Waals surface area contributed by atoms with Gasteiger partial charge >= 0.3 is 0 Å². The minimum atomic E-state index is -0.237. The molecule has 1 aliphatic rings. The van der Waals surface area contributed by atoms with Crippen LogP contribution in [-0.2, 0) is 0 Å². The van der Waals surface area contributed by atoms with Crippen LogP contribution in [0.25, 0.3) is 11.1 Å². The van der Waals surface area contributed by atoms with Crippen LogP contribution >= 0.6 is 0 Å². The lowest BCUT2D eigenvalue weighted by Crippen LogP contribution is -2.33. The van der Waals surface area contributed by atoms with Gasteiger partial charge in [-0.05, 0) is 43.7 Å². The third-order valence-corrected chi connectivity index (χ3v) is 3.79. The van der Waals surface area contributed by atoms with E-state index in [4.69, 9.17) is 4.74 Å². The molecule has 1 saturated carbocycles. The smallest absolute Gasteiger partial charge is 0.138 e. The summed E-state index contributed by atoms with van der Waals surface area (Å²) in [5.41, 5.74) is 2.00. The first-order chi connectivity index (χ1) is 9.71. The van der Waals surface area contributed by atoms with Crippen LogP contribution in [0.3, 0.4) is 0 Å². The standard InChI is InChI=1S/C16H17FN2O/c1-18-16(6-7-16)11-20-15-8-13(9-19-10-15)12-2-4-14(17)5-3-12/h2-5,8-10,18H,6-7,11H2,1H3. The van der Waals surface area contributed by atoms with Gasteiger partial charge in [0, 0.05) is 11.8 Å². The number of rotatable bonds is 5. The summed E-state index contributed by atoms with van der Waals surface area (Å²) in [6.07, 6.45) is 5.76. The van der Waals surface area contributed by atoms with Gasteiger partial charge in [0.25, 0.3) is 0 Å². The van der Waals surface area contributed by atoms with Crippen molar-refractivity contribution in [3.05, 3.63) is 48.5 Å². The number of aromatic nitrogens is 1. The highest BCUT2D eigenvalue weighted by Crippen LogP contribution is 2.35. The number of nitrogens with zero attached hydrogens (tertiary/aromatic N) is 1. The maximum Gasteiger partial charge on any atom is 0.138 e. The summed E-state index contributed by atoms with van der Waals surface area (Å²) in [5.74, 6) is 0.507. The number of nitrogens with one attached hydrogen (secondary N) is 1. The Balaban J connectivity index is 1.74. The van der Waals surface area contributed by atoms with Gasteiger partial charge in [-0.1, -0.05) is 12.1 Å². The van der Waals surface area contributed by atoms with Crippen molar-refractivity contribution in [1.29, 1.82) is 0 Å². The molecule has 4 heteroatoms. The average Bonchev–Trinajstić information content (AvgIpc) is 3.27. The highest BCUT2D eigenvalue weighted by Gasteiger charge is 2.41. The Labute approximate surface area is 117 Å². The molecule has 2 aromatic rings. The zero-order valence-electron chi connectivity index (χ0n) is 11.4. The van der Waals surface area contributed by atoms with Crippen LogP contribution in [0.15, 0.2) is 42.7 Å². The van der Waals surface area contributed by atoms with E-state index in [0.29, 0.717) is 6.61 Å². The van der Waals surface area contributed by atoms with E-state index in [1.165, 1.54) is 12.1 Å². The first-order valence-corrected chi connectivity index (χ1v) is 6.73. The molecule has 1 aromatic heterocycles. The highest BCUT2D eigenvalue weighted by molar-refractivity contribution is 5.63. The van der Waals surface area contributed by atoms with E-state index in [9.17, 15) is 4.39 Å². The number of likely N-dealkylation sites (N-methyl/N-ethyl adjacent to an activating group) is 1. The maximum atomic E-state index is 12.9. The van der Waals surface area contributed by atoms with E-state index >= 15 is 0 Å². The zero-order valence-corrected chi connectivity index (χ0v) is 11.4. The zero-order chi connectivity index (χ0) is 14.0. The van der Waals surface area contributed by atoms with Gasteiger partial charge in [0.2, 0.25) is 0 Å². The van der Waals surface area contributed by atoms with Crippen LogP contribution in [-0.4, -0.2) is 24.2 Å². The molecule has 0 saturated heterocycles. The lowest BCUT2D eigenvalue weighted by molar-refractivity contribution is 0.259. The molecule has 0 radical (unpaired) electrons. The molecule has 0 amide bonds. The van der Waals surface area contributed by atoms with Crippen LogP contribution in [0.2, 0.25) is 0 Å². The SMILES string of the molecule is CNC1(COc2cncc(-c3ccc(F)cc3)c2)CC1. The summed E-state index contributed by atoms with van der Waals surface area (Å²) in [4.78, 5) is 4.19. The Morgan fingerprint density at radius 1 is 1.20 bits per heavy atom. The summed E-state index contributed by atoms with van der Waals surface area (Å²) in [7, 11) is 1.96. The van der Waals surface area contributed by atoms with Crippen LogP contribution < -0.4 is 10.1 Å². The fraction of sp³-hybridized carbons (Fsp3) is 0.312. The van der Waals surface area contributed by atoms with Gasteiger partial charge in [-0.3, -0.25) is 4.98 Å². The Morgan fingerprint density at radius 2 is 1.95 bits per heavy atom. The topological polar surface area (TPSA) is 34.1 Å². The first-order valence-electron chi connectivity index (χ1n) is 6.73. The molecule has 3 rings (SSSR count). The Morgan fingerprint density at radius 3 is 2.60 bits per heavy atom. The van der Waals surface area contributed by atoms with E-state index in [1.807, 2.05) is 13.1 Å². The summed E-state index contributed by atoms with van der Waals surface area (Å²) in [5, 5.41) is 3.29. The summed E-state index contributed by atoms with van der Waals surface area (Å²) in [6.45, 7) is 0.651. The van der Waals surface area contributed by atoms with E-state index in [1.54, 1.807) is 24.5 Å². The third kappa shape index (κ3) is 2.80. The number of benzene rings is 1. The predicted octanol–water partition coefficient (Wildman–Crippen LogP) is 3.02. The third-order valence-electron chi connectivity index (χ3n) is 3.79. The van der Waals surface area contributed by atoms with Crippen molar-refractivity contribution in [2.75, 3.05) is 13.7 Å². The van der Waals surface area contributed by atoms with Gasteiger partial charge < -0.3 is 10.1 Å². The van der Waals surface area contributed by atoms with E-state index in [0.717, 1.165) is 29.7 Å². The largest absolute Gasteiger partial charge is 0.490 e. The van der Waals surface area contributed by atoms with E-state index in [-0.39, 0.29) is 11.4 Å². The van der Waals surface area contributed by atoms with Gasteiger partial charge in [0.1, 0.15) is 18.2 Å². The maximum absolute atomic E-state index is 12.9. The molecule has 0 bridgehead atoms. The van der Waals surface area contributed by atoms with Crippen LogP contribution in [0.4, 0.5) is 4.39 Å². The number of hydrogen-bond acceptors (Lipinski definition) is 3. The van der Waals surface area contributed by atoms with Crippen molar-refractivity contribution in [3.8, 4) is 16.9 Å². The predicted molar refractivity (Wildman–Crippen MR) is 76.2 cm³/mol. The number of ether oxygens (including phenoxy) is 1. The van der Waals surface area contributed by atoms with Gasteiger partial charge in [-0.2, -0.15) is 0 Å². The van der Waals surface area contributed by atoms with Crippen LogP contribution in [0.1, 0.15) is 12.8 Å². The van der Waals surface area contributed by atoms with Crippen molar-refractivity contribution in [2.45, 2.75) is 18.4 Å². The molecular formula is C16H17FN2O. The van der Waals surface area contributed by atoms with Crippen LogP contribution in [0.5, 0.6) is 5.75 Å². The van der Waals surface area contributed by atoms with E-state index in [2.05, 4.69) is 10.3 Å². The van der Waals surface area contributed by atoms with Gasteiger partial charge in [0.05, 0.1) is 11.7 Å². The molecule has 104 valence electrons. The molecule has 1 aliphatic carbocycles. The molecule has 0 unspecified atom stereocenters. The molecule has 1 fully saturated rings. The summed E-state index contributed by atoms with van der Waals surface area (Å²) >= 11 is 0. The number of pyridine rings is 1. The molecule has 1 aromatic carbocycles. The van der Waals surface area contributed by atoms with Crippen molar-refractivity contribution in [1.82, 2.24) is 10.3 Å². The van der Waals surface area contributed by atoms with Crippen molar-refractivity contribution in [3.63, 3.8) is 0 Å². The Hall–Kier alpha value is -1.94. The normalized spacial score (nSPS) is 15.9. The fourth-order valence-corrected chi connectivity index (χ4v) is 2.14. The Kier molecular flexibility index (Phi) is 3.40. The molecule has 1 heterocycles. The quantitative estimate of drug-likeness (QED) is 0.908. The summed E-state index contributed by atoms with van der Waals surface area (Å²) < 4.78 is 18.7. The van der Waals surface area contributed by atoms with Crippen molar-refractivity contribution < 1.29 is 9.13 Å². The minimum Gasteiger partial charge on any atom is -0.490 e. The first kappa shape index (κ1) is 13.1. The van der Waals surface area contributed by atoms with Gasteiger partial charge in [-0.25, -0.2) is 4.39 Å². The molecular weight excluding hydrogens is 255 g/mol. The van der Waals surface area contributed by atoms with Crippen molar-refractivity contribution >= 4 is 0 Å². The van der Waals surface area contributed by atoms with Gasteiger partial charge in [0.15, 0.2) is 0 Å². The second-order valence-electron chi connectivity index (χ2n) is 5.24. The Bertz CT molecular complexity index is 594. The second-order valence-corrected chi connectivity index (χ2v) is 5.24. The van der Waals surface area contributed by atoms with Crippen LogP contribution in [0, 0.1) is 5.82 Å². The monoisotopic (exact) mass is 272 g/mol. The summed E-state index contributed by atoms with van der Waals surface area (Å²) in [6, 6.07) is 8.32. The van der Waals surface area contributed by atoms with Crippen molar-refractivity contribution in [2.24, 2.45) is 0 Å². The molecule has 3 nitrogen and oxygen atoms in total. The number of hydrogen-bond donors (Lipinski definition) is 1. The fourth-order valence-electron chi connectivity index (χ4n) is 2.14. The lowest BCUT2D eigenvalue weighted by Gasteiger charge is -2.15. The average molecular weight is 272 g/mol. The second kappa shape index (κ2) is 5.21. The number of halogens is 1. The molecule has 0 spiro atoms. The molecule has 0 aliphatic heterocycles. The lowest BCUT2D eigenvalue weighted by atomic mass is 10.1. The van der Waals surface area contributed by atoms with E-state index < -0.39 is 0 Å². The molecule has 1 N–H and O–H groups in total. The van der Waals surface area contributed by atoms with Gasteiger partial charge in [-0.15, -0.1) is 0 Å². The minimum absolute atomic E-state index is 0.145. The highest BCUT2D eigenvalue weighted by atomic mass is 19.1. The molecule has 20 heavy (non-hydrogen) atoms. The molecule has 0 atom stereocenters.